The van der Waals surface area contributed by atoms with Gasteiger partial charge in [-0.05, 0) is 6.92 Å². The smallest absolute Gasteiger partial charge is 0.328 e. The van der Waals surface area contributed by atoms with E-state index in [2.05, 4.69) is 10.3 Å². The van der Waals surface area contributed by atoms with Crippen LogP contribution in [0, 0.1) is 0 Å². The van der Waals surface area contributed by atoms with Crippen LogP contribution in [-0.4, -0.2) is 134 Å². The molecule has 0 amide bonds. The van der Waals surface area contributed by atoms with Crippen LogP contribution in [0.15, 0.2) is 16.4 Å². The molecule has 0 unspecified atom stereocenters. The molecule has 0 bridgehead atoms. The van der Waals surface area contributed by atoms with Gasteiger partial charge in [-0.1, -0.05) is 0 Å². The van der Waals surface area contributed by atoms with Gasteiger partial charge >= 0.3 is 11.9 Å². The predicted molar refractivity (Wildman–Crippen MR) is 114 cm³/mol. The van der Waals surface area contributed by atoms with Crippen molar-refractivity contribution in [3.8, 4) is 0 Å². The number of carbonyl (C=O) groups is 2. The summed E-state index contributed by atoms with van der Waals surface area (Å²) in [5.74, 6) is -2.71. The van der Waals surface area contributed by atoms with E-state index in [1.165, 1.54) is 14.0 Å². The highest BCUT2D eigenvalue weighted by molar-refractivity contribution is 6.01. The molecular formula is C20H32N2O13. The van der Waals surface area contributed by atoms with Crippen molar-refractivity contribution in [3.63, 3.8) is 0 Å². The first-order valence-corrected chi connectivity index (χ1v) is 10.7. The van der Waals surface area contributed by atoms with Crippen molar-refractivity contribution in [1.82, 2.24) is 5.32 Å². The van der Waals surface area contributed by atoms with E-state index in [1.54, 1.807) is 0 Å². The molecule has 1 aliphatic carbocycles. The van der Waals surface area contributed by atoms with E-state index in [-0.39, 0.29) is 30.0 Å². The largest absolute Gasteiger partial charge is 0.493 e. The highest BCUT2D eigenvalue weighted by Crippen LogP contribution is 2.31. The second kappa shape index (κ2) is 12.0. The standard InChI is InChI=1S/C20H32N2O13/c1-8(34-19-16(29)15(28)14(27)11(6-23)35-19)13(18(30)31)22-10-4-20(32,7-24)3-9(17(10)33-2)21-5-12(25)26/h8,11,13-16,19,22-24,27-29,32H,3-7H2,1-2H3,(H,25,26)(H,30,31)/t8-,11-,13+,14+,15+,16-,19-,20+/m1/s1. The number of aliphatic hydroxyl groups is 6. The van der Waals surface area contributed by atoms with Gasteiger partial charge in [-0.15, -0.1) is 0 Å². The Hall–Kier alpha value is -2.37. The van der Waals surface area contributed by atoms with Crippen molar-refractivity contribution in [2.75, 3.05) is 26.9 Å². The number of nitrogens with zero attached hydrogens (tertiary/aromatic N) is 1. The minimum atomic E-state index is -1.79. The zero-order chi connectivity index (χ0) is 26.5. The van der Waals surface area contributed by atoms with Gasteiger partial charge in [0.2, 0.25) is 0 Å². The fraction of sp³-hybridized carbons (Fsp3) is 0.750. The molecule has 15 nitrogen and oxygen atoms in total. The summed E-state index contributed by atoms with van der Waals surface area (Å²) in [7, 11) is 1.24. The number of aliphatic imine (C=N–C) groups is 1. The molecule has 35 heavy (non-hydrogen) atoms. The van der Waals surface area contributed by atoms with Crippen molar-refractivity contribution in [2.45, 2.75) is 68.2 Å². The minimum Gasteiger partial charge on any atom is -0.493 e. The molecule has 1 heterocycles. The molecule has 0 aromatic rings. The maximum Gasteiger partial charge on any atom is 0.328 e. The number of carboxylic acid groups (broad SMARTS) is 2. The molecule has 0 saturated carbocycles. The lowest BCUT2D eigenvalue weighted by Gasteiger charge is -2.41. The van der Waals surface area contributed by atoms with E-state index in [1.807, 2.05) is 0 Å². The highest BCUT2D eigenvalue weighted by Gasteiger charge is 2.46. The lowest BCUT2D eigenvalue weighted by molar-refractivity contribution is -0.311. The molecule has 0 aromatic heterocycles. The normalized spacial score (nSPS) is 34.4. The molecule has 2 aliphatic rings. The number of ether oxygens (including phenoxy) is 3. The second-order valence-corrected chi connectivity index (χ2v) is 8.40. The van der Waals surface area contributed by atoms with E-state index >= 15 is 0 Å². The third-order valence-corrected chi connectivity index (χ3v) is 5.70. The maximum atomic E-state index is 12.0. The third-order valence-electron chi connectivity index (χ3n) is 5.70. The van der Waals surface area contributed by atoms with Gasteiger partial charge < -0.3 is 60.4 Å². The summed E-state index contributed by atoms with van der Waals surface area (Å²) in [6.07, 6.45) is -9.82. The van der Waals surface area contributed by atoms with Gasteiger partial charge in [0.05, 0.1) is 43.4 Å². The molecule has 1 saturated heterocycles. The zero-order valence-corrected chi connectivity index (χ0v) is 19.1. The number of aliphatic carboxylic acids is 2. The van der Waals surface area contributed by atoms with E-state index < -0.39 is 80.1 Å². The van der Waals surface area contributed by atoms with Crippen LogP contribution >= 0.6 is 0 Å². The van der Waals surface area contributed by atoms with Crippen molar-refractivity contribution in [1.29, 1.82) is 0 Å². The van der Waals surface area contributed by atoms with E-state index in [0.29, 0.717) is 0 Å². The Kier molecular flexibility index (Phi) is 9.94. The van der Waals surface area contributed by atoms with Gasteiger partial charge in [-0.2, -0.15) is 0 Å². The monoisotopic (exact) mass is 508 g/mol. The molecule has 0 radical (unpaired) electrons. The van der Waals surface area contributed by atoms with Crippen LogP contribution in [0.4, 0.5) is 0 Å². The Morgan fingerprint density at radius 3 is 2.34 bits per heavy atom. The predicted octanol–water partition coefficient (Wildman–Crippen LogP) is -3.86. The number of nitrogens with one attached hydrogen (secondary N) is 1. The fourth-order valence-corrected chi connectivity index (χ4v) is 3.84. The summed E-state index contributed by atoms with van der Waals surface area (Å²) in [6, 6.07) is -1.57. The van der Waals surface area contributed by atoms with E-state index in [9.17, 15) is 45.3 Å². The van der Waals surface area contributed by atoms with Crippen LogP contribution in [-0.2, 0) is 23.8 Å². The minimum absolute atomic E-state index is 0.00362. The van der Waals surface area contributed by atoms with E-state index in [0.717, 1.165) is 0 Å². The summed E-state index contributed by atoms with van der Waals surface area (Å²) >= 11 is 0. The topological polar surface area (TPSA) is 248 Å². The first-order valence-electron chi connectivity index (χ1n) is 10.7. The highest BCUT2D eigenvalue weighted by atomic mass is 16.7. The van der Waals surface area contributed by atoms with Crippen LogP contribution in [0.5, 0.6) is 0 Å². The molecule has 1 aliphatic heterocycles. The summed E-state index contributed by atoms with van der Waals surface area (Å²) in [5, 5.41) is 81.0. The van der Waals surface area contributed by atoms with Crippen molar-refractivity contribution in [2.24, 2.45) is 4.99 Å². The lowest BCUT2D eigenvalue weighted by Crippen LogP contribution is -2.60. The number of carboxylic acids is 2. The van der Waals surface area contributed by atoms with Crippen molar-refractivity contribution in [3.05, 3.63) is 11.5 Å². The summed E-state index contributed by atoms with van der Waals surface area (Å²) in [5.41, 5.74) is -1.80. The molecule has 1 fully saturated rings. The molecule has 0 aromatic carbocycles. The molecule has 200 valence electrons. The molecule has 9 N–H and O–H groups in total. The maximum absolute atomic E-state index is 12.0. The van der Waals surface area contributed by atoms with Gasteiger partial charge in [-0.3, -0.25) is 9.79 Å². The third kappa shape index (κ3) is 6.86. The van der Waals surface area contributed by atoms with Crippen LogP contribution in [0.25, 0.3) is 0 Å². The Labute approximate surface area is 199 Å². The number of hydrogen-bond acceptors (Lipinski definition) is 13. The van der Waals surface area contributed by atoms with Gasteiger partial charge in [0.1, 0.15) is 31.0 Å². The Balaban J connectivity index is 2.32. The second-order valence-electron chi connectivity index (χ2n) is 8.40. The number of aliphatic hydroxyl groups excluding tert-OH is 5. The molecular weight excluding hydrogens is 476 g/mol. The quantitative estimate of drug-likeness (QED) is 0.130. The Morgan fingerprint density at radius 1 is 1.17 bits per heavy atom. The number of rotatable bonds is 11. The summed E-state index contributed by atoms with van der Waals surface area (Å²) in [4.78, 5) is 26.9. The number of methoxy groups -OCH3 is 1. The fourth-order valence-electron chi connectivity index (χ4n) is 3.84. The average Bonchev–Trinajstić information content (AvgIpc) is 2.80. The van der Waals surface area contributed by atoms with Crippen LogP contribution in [0.3, 0.4) is 0 Å². The van der Waals surface area contributed by atoms with Crippen LogP contribution < -0.4 is 5.32 Å². The Morgan fingerprint density at radius 2 is 1.83 bits per heavy atom. The van der Waals surface area contributed by atoms with Crippen molar-refractivity contribution < 1.29 is 64.7 Å². The molecule has 0 spiro atoms. The van der Waals surface area contributed by atoms with Gasteiger partial charge in [0.25, 0.3) is 0 Å². The van der Waals surface area contributed by atoms with Gasteiger partial charge in [0, 0.05) is 12.8 Å². The SMILES string of the molecule is COC1=C(N[C@H](C(=O)O)[C@@H](C)O[C@@H]2O[C@H](CO)[C@H](O)[C@H](O)[C@H]2O)C[C@](O)(CO)CC1=NCC(=O)O. The summed E-state index contributed by atoms with van der Waals surface area (Å²) < 4.78 is 16.0. The van der Waals surface area contributed by atoms with Gasteiger partial charge in [0.15, 0.2) is 18.1 Å². The first kappa shape index (κ1) is 28.9. The molecule has 15 heteroatoms. The number of allylic oxidation sites excluding steroid dienone is 1. The lowest BCUT2D eigenvalue weighted by atomic mass is 9.85. The van der Waals surface area contributed by atoms with Crippen LogP contribution in [0.2, 0.25) is 0 Å². The van der Waals surface area contributed by atoms with E-state index in [4.69, 9.17) is 19.3 Å². The Bertz CT molecular complexity index is 832. The van der Waals surface area contributed by atoms with Crippen molar-refractivity contribution >= 4 is 17.7 Å². The summed E-state index contributed by atoms with van der Waals surface area (Å²) in [6.45, 7) is -0.797. The van der Waals surface area contributed by atoms with Gasteiger partial charge in [-0.25, -0.2) is 4.79 Å². The zero-order valence-electron chi connectivity index (χ0n) is 19.1. The average molecular weight is 508 g/mol. The molecule has 8 atom stereocenters. The number of hydrogen-bond donors (Lipinski definition) is 9. The molecule has 2 rings (SSSR count). The van der Waals surface area contributed by atoms with Crippen LogP contribution in [0.1, 0.15) is 19.8 Å². The first-order chi connectivity index (χ1) is 16.4.